The molecule has 0 spiro atoms. The molecule has 0 aliphatic heterocycles. The fourth-order valence-electron chi connectivity index (χ4n) is 3.35. The molecule has 1 aromatic carbocycles. The van der Waals surface area contributed by atoms with Crippen molar-refractivity contribution in [3.63, 3.8) is 0 Å². The molecule has 5 nitrogen and oxygen atoms in total. The lowest BCUT2D eigenvalue weighted by Gasteiger charge is -2.25. The Morgan fingerprint density at radius 1 is 1.11 bits per heavy atom. The molecule has 4 rings (SSSR count). The molecule has 2 aromatic rings. The van der Waals surface area contributed by atoms with E-state index in [1.54, 1.807) is 12.3 Å². The molecular formula is C21H21ClN2O3. The SMILES string of the molecule is O=C(O)C1CC1C(=O)c1ccc(N(Cc2ccc(Cl)cc2)CC2CC2)cn1. The van der Waals surface area contributed by atoms with Crippen LogP contribution in [0.5, 0.6) is 0 Å². The monoisotopic (exact) mass is 384 g/mol. The summed E-state index contributed by atoms with van der Waals surface area (Å²) < 4.78 is 0. The van der Waals surface area contributed by atoms with Crippen LogP contribution in [0.25, 0.3) is 0 Å². The molecule has 27 heavy (non-hydrogen) atoms. The van der Waals surface area contributed by atoms with Gasteiger partial charge in [-0.25, -0.2) is 0 Å². The lowest BCUT2D eigenvalue weighted by atomic mass is 10.1. The number of carbonyl (C=O) groups excluding carboxylic acids is 1. The van der Waals surface area contributed by atoms with Crippen molar-refractivity contribution in [1.82, 2.24) is 4.98 Å². The minimum Gasteiger partial charge on any atom is -0.481 e. The summed E-state index contributed by atoms with van der Waals surface area (Å²) in [5.74, 6) is -1.32. The highest BCUT2D eigenvalue weighted by Gasteiger charge is 2.48. The Morgan fingerprint density at radius 3 is 2.41 bits per heavy atom. The molecule has 1 aromatic heterocycles. The van der Waals surface area contributed by atoms with E-state index in [1.807, 2.05) is 30.3 Å². The second kappa shape index (κ2) is 7.31. The summed E-state index contributed by atoms with van der Waals surface area (Å²) >= 11 is 5.97. The molecule has 6 heteroatoms. The summed E-state index contributed by atoms with van der Waals surface area (Å²) in [6.07, 6.45) is 4.64. The molecule has 2 aliphatic rings. The summed E-state index contributed by atoms with van der Waals surface area (Å²) in [6, 6.07) is 11.5. The number of rotatable bonds is 8. The predicted molar refractivity (Wildman–Crippen MR) is 103 cm³/mol. The van der Waals surface area contributed by atoms with Gasteiger partial charge in [0.25, 0.3) is 0 Å². The number of carboxylic acid groups (broad SMARTS) is 1. The minimum absolute atomic E-state index is 0.166. The van der Waals surface area contributed by atoms with Crippen molar-refractivity contribution in [2.45, 2.75) is 25.8 Å². The van der Waals surface area contributed by atoms with Crippen molar-refractivity contribution < 1.29 is 14.7 Å². The van der Waals surface area contributed by atoms with Crippen LogP contribution < -0.4 is 4.90 Å². The number of hydrogen-bond acceptors (Lipinski definition) is 4. The largest absolute Gasteiger partial charge is 0.481 e. The van der Waals surface area contributed by atoms with Gasteiger partial charge in [-0.15, -0.1) is 0 Å². The molecule has 1 N–H and O–H groups in total. The Hall–Kier alpha value is -2.40. The Balaban J connectivity index is 1.47. The molecule has 1 heterocycles. The lowest BCUT2D eigenvalue weighted by molar-refractivity contribution is -0.138. The number of halogens is 1. The first-order valence-electron chi connectivity index (χ1n) is 9.23. The van der Waals surface area contributed by atoms with Gasteiger partial charge < -0.3 is 10.0 Å². The number of nitrogens with zero attached hydrogens (tertiary/aromatic N) is 2. The number of anilines is 1. The predicted octanol–water partition coefficient (Wildman–Crippen LogP) is 4.06. The maximum atomic E-state index is 12.4. The number of carboxylic acids is 1. The van der Waals surface area contributed by atoms with Crippen LogP contribution in [0.15, 0.2) is 42.6 Å². The number of pyridine rings is 1. The number of benzene rings is 1. The standard InChI is InChI=1S/C21H21ClN2O3/c22-15-5-3-14(4-6-15)12-24(11-13-1-2-13)16-7-8-19(23-10-16)20(25)17-9-18(17)21(26)27/h3-8,10,13,17-18H,1-2,9,11-12H2,(H,26,27). The number of ketones is 1. The van der Waals surface area contributed by atoms with Gasteiger partial charge in [0.1, 0.15) is 5.69 Å². The average Bonchev–Trinajstić information content (AvgIpc) is 3.56. The van der Waals surface area contributed by atoms with E-state index in [4.69, 9.17) is 16.7 Å². The maximum Gasteiger partial charge on any atom is 0.307 e. The second-order valence-corrected chi connectivity index (χ2v) is 7.94. The van der Waals surface area contributed by atoms with Crippen LogP contribution in [0.2, 0.25) is 5.02 Å². The van der Waals surface area contributed by atoms with Crippen molar-refractivity contribution in [2.75, 3.05) is 11.4 Å². The zero-order chi connectivity index (χ0) is 19.0. The van der Waals surface area contributed by atoms with Gasteiger partial charge in [0.2, 0.25) is 0 Å². The van der Waals surface area contributed by atoms with Gasteiger partial charge in [-0.1, -0.05) is 23.7 Å². The van der Waals surface area contributed by atoms with E-state index in [-0.39, 0.29) is 5.78 Å². The highest BCUT2D eigenvalue weighted by Crippen LogP contribution is 2.41. The second-order valence-electron chi connectivity index (χ2n) is 7.50. The maximum absolute atomic E-state index is 12.4. The van der Waals surface area contributed by atoms with Crippen molar-refractivity contribution in [2.24, 2.45) is 17.8 Å². The summed E-state index contributed by atoms with van der Waals surface area (Å²) in [6.45, 7) is 1.72. The molecule has 2 unspecified atom stereocenters. The molecular weight excluding hydrogens is 364 g/mol. The third kappa shape index (κ3) is 4.30. The molecule has 0 amide bonds. The normalized spacial score (nSPS) is 20.9. The lowest BCUT2D eigenvalue weighted by Crippen LogP contribution is -2.25. The van der Waals surface area contributed by atoms with Crippen molar-refractivity contribution in [3.8, 4) is 0 Å². The number of aliphatic carboxylic acids is 1. The van der Waals surface area contributed by atoms with E-state index in [9.17, 15) is 9.59 Å². The topological polar surface area (TPSA) is 70.5 Å². The van der Waals surface area contributed by atoms with E-state index < -0.39 is 17.8 Å². The van der Waals surface area contributed by atoms with Gasteiger partial charge in [0.05, 0.1) is 17.8 Å². The summed E-state index contributed by atoms with van der Waals surface area (Å²) in [7, 11) is 0. The first-order chi connectivity index (χ1) is 13.0. The van der Waals surface area contributed by atoms with Crippen LogP contribution in [0.4, 0.5) is 5.69 Å². The van der Waals surface area contributed by atoms with Crippen molar-refractivity contribution in [3.05, 3.63) is 58.9 Å². The highest BCUT2D eigenvalue weighted by molar-refractivity contribution is 6.30. The van der Waals surface area contributed by atoms with E-state index in [2.05, 4.69) is 9.88 Å². The highest BCUT2D eigenvalue weighted by atomic mass is 35.5. The van der Waals surface area contributed by atoms with Gasteiger partial charge in [0.15, 0.2) is 5.78 Å². The van der Waals surface area contributed by atoms with Crippen LogP contribution in [0.1, 0.15) is 35.3 Å². The third-order valence-corrected chi connectivity index (χ3v) is 5.52. The van der Waals surface area contributed by atoms with Gasteiger partial charge in [-0.05, 0) is 55.0 Å². The zero-order valence-electron chi connectivity index (χ0n) is 14.8. The minimum atomic E-state index is -0.899. The van der Waals surface area contributed by atoms with Gasteiger partial charge in [-0.2, -0.15) is 0 Å². The third-order valence-electron chi connectivity index (χ3n) is 5.27. The zero-order valence-corrected chi connectivity index (χ0v) is 15.6. The molecule has 0 radical (unpaired) electrons. The number of aromatic nitrogens is 1. The van der Waals surface area contributed by atoms with Crippen molar-refractivity contribution in [1.29, 1.82) is 0 Å². The molecule has 2 saturated carbocycles. The Labute approximate surface area is 163 Å². The van der Waals surface area contributed by atoms with Crippen LogP contribution in [-0.4, -0.2) is 28.4 Å². The summed E-state index contributed by atoms with van der Waals surface area (Å²) in [5, 5.41) is 9.72. The van der Waals surface area contributed by atoms with E-state index in [0.29, 0.717) is 18.0 Å². The number of hydrogen-bond donors (Lipinski definition) is 1. The first kappa shape index (κ1) is 18.0. The van der Waals surface area contributed by atoms with Crippen molar-refractivity contribution >= 4 is 29.0 Å². The van der Waals surface area contributed by atoms with Crippen LogP contribution in [0, 0.1) is 17.8 Å². The Bertz CT molecular complexity index is 847. The first-order valence-corrected chi connectivity index (χ1v) is 9.61. The smallest absolute Gasteiger partial charge is 0.307 e. The Morgan fingerprint density at radius 2 is 1.85 bits per heavy atom. The molecule has 0 saturated heterocycles. The summed E-state index contributed by atoms with van der Waals surface area (Å²) in [5.41, 5.74) is 2.49. The van der Waals surface area contributed by atoms with Crippen LogP contribution >= 0.6 is 11.6 Å². The molecule has 2 atom stereocenters. The molecule has 2 aliphatic carbocycles. The van der Waals surface area contributed by atoms with Crippen LogP contribution in [0.3, 0.4) is 0 Å². The van der Waals surface area contributed by atoms with E-state index in [0.717, 1.165) is 23.8 Å². The van der Waals surface area contributed by atoms with Gasteiger partial charge >= 0.3 is 5.97 Å². The molecule has 2 fully saturated rings. The fourth-order valence-corrected chi connectivity index (χ4v) is 3.48. The quantitative estimate of drug-likeness (QED) is 0.695. The van der Waals surface area contributed by atoms with Gasteiger partial charge in [0, 0.05) is 24.0 Å². The number of Topliss-reactive ketones (excluding diaryl/α,β-unsaturated/α-hetero) is 1. The Kier molecular flexibility index (Phi) is 4.87. The van der Waals surface area contributed by atoms with Gasteiger partial charge in [-0.3, -0.25) is 14.6 Å². The van der Waals surface area contributed by atoms with E-state index >= 15 is 0 Å². The molecule has 0 bridgehead atoms. The van der Waals surface area contributed by atoms with Crippen LogP contribution in [-0.2, 0) is 11.3 Å². The molecule has 140 valence electrons. The fraction of sp³-hybridized carbons (Fsp3) is 0.381. The average molecular weight is 385 g/mol. The van der Waals surface area contributed by atoms with E-state index in [1.165, 1.54) is 18.4 Å². The number of carbonyl (C=O) groups is 2. The summed E-state index contributed by atoms with van der Waals surface area (Å²) in [4.78, 5) is 29.9.